The molecular formula is C49H56N10O11S2. The first-order chi connectivity index (χ1) is 34.4. The molecule has 0 aliphatic rings. The van der Waals surface area contributed by atoms with Gasteiger partial charge in [0.05, 0.1) is 38.2 Å². The molecule has 0 bridgehead atoms. The Morgan fingerprint density at radius 1 is 0.667 bits per heavy atom. The Morgan fingerprint density at radius 3 is 1.74 bits per heavy atom. The molecule has 0 spiro atoms. The number of ether oxygens (including phenoxy) is 2. The molecule has 72 heavy (non-hydrogen) atoms. The largest absolute Gasteiger partial charge is 0.497 e. The summed E-state index contributed by atoms with van der Waals surface area (Å²) < 4.78 is 77.0. The Kier molecular flexibility index (Phi) is 18.4. The van der Waals surface area contributed by atoms with Crippen LogP contribution in [-0.4, -0.2) is 90.7 Å². The van der Waals surface area contributed by atoms with E-state index in [9.17, 15) is 36.0 Å². The summed E-state index contributed by atoms with van der Waals surface area (Å²) in [6.45, 7) is 2.86. The Hall–Kier alpha value is -7.86. The van der Waals surface area contributed by atoms with Gasteiger partial charge in [-0.2, -0.15) is 26.3 Å². The number of nitrogens with zero attached hydrogens (tertiary/aromatic N) is 4. The number of likely N-dealkylation sites (N-methyl/N-ethyl adjacent to an activating group) is 1. The van der Waals surface area contributed by atoms with Crippen molar-refractivity contribution in [2.45, 2.75) is 57.8 Å². The van der Waals surface area contributed by atoms with E-state index in [1.165, 1.54) is 37.1 Å². The average molecular weight is 1030 g/mol. The number of nitrogens with one attached hydrogen (secondary N) is 6. The van der Waals surface area contributed by atoms with Crippen molar-refractivity contribution >= 4 is 55.7 Å². The summed E-state index contributed by atoms with van der Waals surface area (Å²) in [5, 5.41) is 9.00. The van der Waals surface area contributed by atoms with E-state index >= 15 is 0 Å². The lowest BCUT2D eigenvalue weighted by Crippen LogP contribution is -2.55. The van der Waals surface area contributed by atoms with Gasteiger partial charge in [0.15, 0.2) is 0 Å². The molecule has 6 rings (SSSR count). The van der Waals surface area contributed by atoms with Crippen LogP contribution in [0.4, 0.5) is 21.0 Å². The lowest BCUT2D eigenvalue weighted by atomic mass is 10.0. The van der Waals surface area contributed by atoms with E-state index < -0.39 is 69.0 Å². The fraction of sp³-hybridized carbons (Fsp3) is 0.265. The molecule has 0 saturated heterocycles. The Balaban J connectivity index is 1.11. The first-order valence-corrected chi connectivity index (χ1v) is 25.4. The predicted octanol–water partition coefficient (Wildman–Crippen LogP) is 4.38. The zero-order valence-electron chi connectivity index (χ0n) is 40.1. The Morgan fingerprint density at radius 2 is 1.19 bits per heavy atom. The third kappa shape index (κ3) is 15.8. The van der Waals surface area contributed by atoms with E-state index in [1.54, 1.807) is 141 Å². The zero-order chi connectivity index (χ0) is 51.8. The van der Waals surface area contributed by atoms with E-state index in [0.29, 0.717) is 45.4 Å². The van der Waals surface area contributed by atoms with Crippen LogP contribution >= 0.6 is 0 Å². The van der Waals surface area contributed by atoms with Gasteiger partial charge in [0, 0.05) is 56.0 Å². The fourth-order valence-corrected chi connectivity index (χ4v) is 8.98. The highest BCUT2D eigenvalue weighted by atomic mass is 32.2. The monoisotopic (exact) mass is 1020 g/mol. The topological polar surface area (TPSA) is 273 Å². The molecule has 0 fully saturated rings. The highest BCUT2D eigenvalue weighted by Crippen LogP contribution is 2.23. The number of hydrogen-bond donors (Lipinski definition) is 6. The number of benzene rings is 4. The van der Waals surface area contributed by atoms with Gasteiger partial charge < -0.3 is 34.4 Å². The van der Waals surface area contributed by atoms with Crippen LogP contribution in [0.5, 0.6) is 11.5 Å². The number of carbonyl (C=O) groups is 4. The number of rotatable bonds is 23. The molecule has 380 valence electrons. The number of amides is 6. The van der Waals surface area contributed by atoms with E-state index in [-0.39, 0.29) is 37.3 Å². The quantitative estimate of drug-likeness (QED) is 0.0521. The van der Waals surface area contributed by atoms with E-state index in [2.05, 4.69) is 30.2 Å². The van der Waals surface area contributed by atoms with Crippen molar-refractivity contribution < 1.29 is 50.0 Å². The normalized spacial score (nSPS) is 12.6. The molecule has 2 aromatic heterocycles. The summed E-state index contributed by atoms with van der Waals surface area (Å²) in [5.74, 6) is 0.200. The number of aryl methyl sites for hydroxylation is 1. The SMILES string of the molecule is COc1ccc(N(C)C(=O)[C@H](Cc2ccccc2)NC(=O)NS(=O)(=O)NCc2cc(CCN(C(=O)[C@H](Cc3ccccc3)NC(=O)NS(=O)(=O)NC(C)c3cccc(C)n3)c3ccc(OC)cc3)on2)cc1. The number of anilines is 2. The van der Waals surface area contributed by atoms with Crippen molar-refractivity contribution in [3.8, 4) is 11.5 Å². The van der Waals surface area contributed by atoms with Gasteiger partial charge in [0.1, 0.15) is 29.3 Å². The number of carbonyl (C=O) groups excluding carboxylic acids is 4. The van der Waals surface area contributed by atoms with Crippen LogP contribution in [0.1, 0.15) is 46.9 Å². The van der Waals surface area contributed by atoms with Gasteiger partial charge in [-0.05, 0) is 85.6 Å². The van der Waals surface area contributed by atoms with E-state index in [4.69, 9.17) is 14.0 Å². The molecule has 3 atom stereocenters. The standard InChI is InChI=1S/C49H56N10O11S2/c1-33-13-12-18-43(51-33)34(2)55-72(66,67)57-49(63)53-45(30-36-16-10-7-11-17-36)47(61)59(39-21-25-41(69-5)26-22-39)28-27-42-31-37(54-70-42)32-50-71(64,65)56-48(62)52-44(29-35-14-8-6-9-15-35)46(60)58(3)38-19-23-40(68-4)24-20-38/h6-26,31,34,44-45,50,55H,27-30,32H2,1-5H3,(H2,52,56,62)(H2,53,57,63)/t34?,44-,45-/m0/s1. The summed E-state index contributed by atoms with van der Waals surface area (Å²) in [6.07, 6.45) is 0.0620. The van der Waals surface area contributed by atoms with Gasteiger partial charge in [0.2, 0.25) is 11.8 Å². The molecule has 0 aliphatic carbocycles. The Labute approximate surface area is 418 Å². The van der Waals surface area contributed by atoms with Gasteiger partial charge in [0.25, 0.3) is 0 Å². The molecule has 0 radical (unpaired) electrons. The molecule has 0 aliphatic heterocycles. The van der Waals surface area contributed by atoms with Crippen molar-refractivity contribution in [3.05, 3.63) is 167 Å². The molecule has 2 heterocycles. The first kappa shape index (κ1) is 53.5. The van der Waals surface area contributed by atoms with Gasteiger partial charge in [-0.3, -0.25) is 14.6 Å². The second kappa shape index (κ2) is 24.8. The van der Waals surface area contributed by atoms with Gasteiger partial charge in [-0.25, -0.2) is 19.0 Å². The van der Waals surface area contributed by atoms with Crippen LogP contribution in [0, 0.1) is 6.92 Å². The lowest BCUT2D eigenvalue weighted by molar-refractivity contribution is -0.121. The van der Waals surface area contributed by atoms with Crippen LogP contribution in [0.3, 0.4) is 0 Å². The molecule has 21 nitrogen and oxygen atoms in total. The van der Waals surface area contributed by atoms with E-state index in [0.717, 1.165) is 0 Å². The molecule has 4 aromatic carbocycles. The minimum absolute atomic E-state index is 0.0275. The summed E-state index contributed by atoms with van der Waals surface area (Å²) >= 11 is 0. The maximum Gasteiger partial charge on any atom is 0.330 e. The van der Waals surface area contributed by atoms with Gasteiger partial charge in [-0.1, -0.05) is 71.9 Å². The zero-order valence-corrected chi connectivity index (χ0v) is 41.7. The predicted molar refractivity (Wildman–Crippen MR) is 268 cm³/mol. The lowest BCUT2D eigenvalue weighted by Gasteiger charge is -2.28. The van der Waals surface area contributed by atoms with Crippen LogP contribution in [0.15, 0.2) is 138 Å². The molecule has 6 amide bonds. The summed E-state index contributed by atoms with van der Waals surface area (Å²) in [7, 11) is -4.45. The van der Waals surface area contributed by atoms with Crippen LogP contribution < -0.4 is 48.8 Å². The number of pyridine rings is 1. The van der Waals surface area contributed by atoms with Gasteiger partial charge in [-0.15, -0.1) is 0 Å². The van der Waals surface area contributed by atoms with Crippen LogP contribution in [0.2, 0.25) is 0 Å². The van der Waals surface area contributed by atoms with E-state index in [1.807, 2.05) is 9.44 Å². The minimum atomic E-state index is -4.53. The number of hydrogen-bond acceptors (Lipinski definition) is 13. The third-order valence-corrected chi connectivity index (χ3v) is 13.1. The van der Waals surface area contributed by atoms with Gasteiger partial charge >= 0.3 is 32.5 Å². The smallest absolute Gasteiger partial charge is 0.330 e. The molecule has 1 unspecified atom stereocenters. The van der Waals surface area contributed by atoms with Crippen molar-refractivity contribution in [2.75, 3.05) is 37.6 Å². The maximum absolute atomic E-state index is 14.6. The molecule has 6 aromatic rings. The second-order valence-corrected chi connectivity index (χ2v) is 19.3. The van der Waals surface area contributed by atoms with Crippen molar-refractivity contribution in [3.63, 3.8) is 0 Å². The number of aromatic nitrogens is 2. The highest BCUT2D eigenvalue weighted by Gasteiger charge is 2.31. The number of urea groups is 2. The van der Waals surface area contributed by atoms with Crippen molar-refractivity contribution in [1.82, 2.24) is 39.7 Å². The van der Waals surface area contributed by atoms with Crippen molar-refractivity contribution in [2.24, 2.45) is 0 Å². The maximum atomic E-state index is 14.6. The summed E-state index contributed by atoms with van der Waals surface area (Å²) in [6, 6.07) is 32.0. The Bertz CT molecular complexity index is 3000. The van der Waals surface area contributed by atoms with Crippen LogP contribution in [0.25, 0.3) is 0 Å². The highest BCUT2D eigenvalue weighted by molar-refractivity contribution is 7.88. The number of methoxy groups -OCH3 is 2. The van der Waals surface area contributed by atoms with Crippen molar-refractivity contribution in [1.29, 1.82) is 0 Å². The fourth-order valence-electron chi connectivity index (χ4n) is 7.31. The molecule has 0 saturated carbocycles. The molecule has 23 heteroatoms. The molecular weight excluding hydrogens is 969 g/mol. The summed E-state index contributed by atoms with van der Waals surface area (Å²) in [5.41, 5.74) is 3.51. The van der Waals surface area contributed by atoms with Crippen LogP contribution in [-0.2, 0) is 55.8 Å². The first-order valence-electron chi connectivity index (χ1n) is 22.4. The molecule has 6 N–H and O–H groups in total. The minimum Gasteiger partial charge on any atom is -0.497 e. The summed E-state index contributed by atoms with van der Waals surface area (Å²) in [4.78, 5) is 62.0. The average Bonchev–Trinajstić information content (AvgIpc) is 3.83. The second-order valence-electron chi connectivity index (χ2n) is 16.3. The third-order valence-electron chi connectivity index (χ3n) is 11.0.